The van der Waals surface area contributed by atoms with Crippen molar-refractivity contribution >= 4 is 28.5 Å². The molecule has 1 aliphatic rings. The topological polar surface area (TPSA) is 69.0 Å². The van der Waals surface area contributed by atoms with E-state index in [2.05, 4.69) is 6.92 Å². The largest absolute Gasteiger partial charge is 0.490 e. The second-order valence-electron chi connectivity index (χ2n) is 8.87. The number of halogens is 1. The minimum atomic E-state index is -0.575. The molecule has 1 atom stereocenters. The van der Waals surface area contributed by atoms with Gasteiger partial charge in [-0.3, -0.25) is 9.59 Å². The van der Waals surface area contributed by atoms with E-state index in [-0.39, 0.29) is 17.1 Å². The Bertz CT molecular complexity index is 1300. The van der Waals surface area contributed by atoms with Crippen molar-refractivity contribution < 1.29 is 18.7 Å². The van der Waals surface area contributed by atoms with Crippen molar-refractivity contribution in [3.8, 4) is 11.5 Å². The van der Waals surface area contributed by atoms with Crippen LogP contribution in [0.2, 0.25) is 5.02 Å². The number of aryl methyl sites for hydroxylation is 1. The van der Waals surface area contributed by atoms with Crippen molar-refractivity contribution in [1.29, 1.82) is 0 Å². The first-order chi connectivity index (χ1) is 16.9. The Labute approximate surface area is 210 Å². The highest BCUT2D eigenvalue weighted by atomic mass is 35.5. The zero-order valence-corrected chi connectivity index (χ0v) is 21.5. The maximum absolute atomic E-state index is 13.8. The number of fused-ring (bicyclic) bond motifs is 2. The van der Waals surface area contributed by atoms with Gasteiger partial charge < -0.3 is 18.8 Å². The highest BCUT2D eigenvalue weighted by Crippen LogP contribution is 2.41. The number of carbonyl (C=O) groups excluding carboxylic acids is 1. The monoisotopic (exact) mass is 497 g/mol. The molecule has 0 bridgehead atoms. The van der Waals surface area contributed by atoms with Crippen LogP contribution >= 0.6 is 11.6 Å². The Morgan fingerprint density at radius 2 is 1.80 bits per heavy atom. The smallest absolute Gasteiger partial charge is 0.290 e. The molecule has 186 valence electrons. The summed E-state index contributed by atoms with van der Waals surface area (Å²) in [7, 11) is 0. The molecule has 0 spiro atoms. The van der Waals surface area contributed by atoms with Crippen molar-refractivity contribution in [2.24, 2.45) is 0 Å². The molecular weight excluding hydrogens is 466 g/mol. The highest BCUT2D eigenvalue weighted by Gasteiger charge is 2.42. The van der Waals surface area contributed by atoms with Crippen LogP contribution in [0.15, 0.2) is 39.5 Å². The number of hydrogen-bond donors (Lipinski definition) is 0. The van der Waals surface area contributed by atoms with Crippen LogP contribution in [0.3, 0.4) is 0 Å². The van der Waals surface area contributed by atoms with Gasteiger partial charge >= 0.3 is 0 Å². The maximum Gasteiger partial charge on any atom is 0.290 e. The Hall–Kier alpha value is -2.99. The number of hydrogen-bond acceptors (Lipinski definition) is 5. The summed E-state index contributed by atoms with van der Waals surface area (Å²) in [5.74, 6) is 1.08. The minimum absolute atomic E-state index is 0.106. The normalized spacial score (nSPS) is 15.1. The number of amides is 1. The predicted molar refractivity (Wildman–Crippen MR) is 138 cm³/mol. The summed E-state index contributed by atoms with van der Waals surface area (Å²) in [5, 5.41) is 0.863. The Morgan fingerprint density at radius 1 is 1.00 bits per heavy atom. The van der Waals surface area contributed by atoms with Gasteiger partial charge in [-0.2, -0.15) is 0 Å². The quantitative estimate of drug-likeness (QED) is 0.292. The molecule has 3 aromatic rings. The molecule has 1 amide bonds. The number of ether oxygens (including phenoxy) is 2. The van der Waals surface area contributed by atoms with Crippen LogP contribution in [0.4, 0.5) is 0 Å². The summed E-state index contributed by atoms with van der Waals surface area (Å²) in [6.45, 7) is 9.48. The Morgan fingerprint density at radius 3 is 2.51 bits per heavy atom. The van der Waals surface area contributed by atoms with E-state index in [1.165, 1.54) is 0 Å². The molecule has 1 unspecified atom stereocenters. The van der Waals surface area contributed by atoms with E-state index in [4.69, 9.17) is 25.5 Å². The van der Waals surface area contributed by atoms with Gasteiger partial charge in [0.2, 0.25) is 5.76 Å². The SMILES string of the molecule is CCCCCN1C(=O)c2oc3cc(C)c(Cl)cc3c(=O)c2C1c1ccc(OCCC)c(OCC)c1. The summed E-state index contributed by atoms with van der Waals surface area (Å²) in [4.78, 5) is 29.1. The molecule has 0 aliphatic carbocycles. The van der Waals surface area contributed by atoms with E-state index in [0.717, 1.165) is 36.8 Å². The van der Waals surface area contributed by atoms with Gasteiger partial charge in [-0.25, -0.2) is 0 Å². The molecule has 2 aromatic carbocycles. The van der Waals surface area contributed by atoms with Gasteiger partial charge in [0, 0.05) is 11.6 Å². The van der Waals surface area contributed by atoms with Crippen molar-refractivity contribution in [3.05, 3.63) is 68.0 Å². The van der Waals surface area contributed by atoms with E-state index in [9.17, 15) is 9.59 Å². The van der Waals surface area contributed by atoms with Crippen LogP contribution in [-0.2, 0) is 0 Å². The molecule has 0 saturated heterocycles. The number of benzene rings is 2. The van der Waals surface area contributed by atoms with Gasteiger partial charge in [0.25, 0.3) is 5.91 Å². The lowest BCUT2D eigenvalue weighted by Gasteiger charge is -2.26. The summed E-state index contributed by atoms with van der Waals surface area (Å²) >= 11 is 6.33. The molecule has 7 heteroatoms. The molecule has 0 fully saturated rings. The summed E-state index contributed by atoms with van der Waals surface area (Å²) in [5.41, 5.74) is 2.06. The fourth-order valence-electron chi connectivity index (χ4n) is 4.54. The van der Waals surface area contributed by atoms with E-state index >= 15 is 0 Å². The molecule has 6 nitrogen and oxygen atoms in total. The first-order valence-electron chi connectivity index (χ1n) is 12.4. The second-order valence-corrected chi connectivity index (χ2v) is 9.27. The molecular formula is C28H32ClNO5. The van der Waals surface area contributed by atoms with E-state index in [0.29, 0.717) is 52.8 Å². The zero-order valence-electron chi connectivity index (χ0n) is 20.8. The summed E-state index contributed by atoms with van der Waals surface area (Å²) in [6.07, 6.45) is 3.72. The van der Waals surface area contributed by atoms with Crippen molar-refractivity contribution in [1.82, 2.24) is 4.90 Å². The third-order valence-corrected chi connectivity index (χ3v) is 6.70. The van der Waals surface area contributed by atoms with Crippen LogP contribution in [0.5, 0.6) is 11.5 Å². The number of rotatable bonds is 10. The van der Waals surface area contributed by atoms with Gasteiger partial charge in [-0.15, -0.1) is 0 Å². The number of nitrogens with zero attached hydrogens (tertiary/aromatic N) is 1. The number of unbranched alkanes of at least 4 members (excludes halogenated alkanes) is 2. The van der Waals surface area contributed by atoms with Gasteiger partial charge in [0.15, 0.2) is 16.9 Å². The summed E-state index contributed by atoms with van der Waals surface area (Å²) < 4.78 is 17.8. The molecule has 0 saturated carbocycles. The Balaban J connectivity index is 1.89. The lowest BCUT2D eigenvalue weighted by atomic mass is 9.97. The molecule has 0 N–H and O–H groups in total. The van der Waals surface area contributed by atoms with Crippen molar-refractivity contribution in [3.63, 3.8) is 0 Å². The molecule has 1 aromatic heterocycles. The van der Waals surface area contributed by atoms with Crippen molar-refractivity contribution in [2.45, 2.75) is 59.4 Å². The van der Waals surface area contributed by atoms with Crippen molar-refractivity contribution in [2.75, 3.05) is 19.8 Å². The third kappa shape index (κ3) is 4.76. The second kappa shape index (κ2) is 10.7. The lowest BCUT2D eigenvalue weighted by Crippen LogP contribution is -2.30. The van der Waals surface area contributed by atoms with E-state index in [1.54, 1.807) is 17.0 Å². The molecule has 4 rings (SSSR count). The summed E-state index contributed by atoms with van der Waals surface area (Å²) in [6, 6.07) is 8.40. The van der Waals surface area contributed by atoms with Crippen LogP contribution in [0, 0.1) is 6.92 Å². The number of carbonyl (C=O) groups is 1. The van der Waals surface area contributed by atoms with Crippen LogP contribution in [0.25, 0.3) is 11.0 Å². The average molecular weight is 498 g/mol. The average Bonchev–Trinajstić information content (AvgIpc) is 3.12. The standard InChI is InChI=1S/C28H32ClNO5/c1-5-8-9-12-30-25(18-10-11-21(34-13-6-2)23(15-18)33-7-3)24-26(31)19-16-20(29)17(4)14-22(19)35-27(24)28(30)32/h10-11,14-16,25H,5-9,12-13H2,1-4H3. The highest BCUT2D eigenvalue weighted by molar-refractivity contribution is 6.32. The van der Waals surface area contributed by atoms with Gasteiger partial charge in [0.05, 0.1) is 30.2 Å². The first-order valence-corrected chi connectivity index (χ1v) is 12.8. The first kappa shape index (κ1) is 25.1. The molecule has 2 heterocycles. The zero-order chi connectivity index (χ0) is 25.1. The maximum atomic E-state index is 13.8. The van der Waals surface area contributed by atoms with Gasteiger partial charge in [-0.05, 0) is 62.1 Å². The fourth-order valence-corrected chi connectivity index (χ4v) is 4.71. The van der Waals surface area contributed by atoms with Gasteiger partial charge in [-0.1, -0.05) is 44.4 Å². The van der Waals surface area contributed by atoms with Crippen LogP contribution < -0.4 is 14.9 Å². The van der Waals surface area contributed by atoms with Gasteiger partial charge in [0.1, 0.15) is 5.58 Å². The fraction of sp³-hybridized carbons (Fsp3) is 0.429. The Kier molecular flexibility index (Phi) is 7.70. The molecule has 0 radical (unpaired) electrons. The predicted octanol–water partition coefficient (Wildman–Crippen LogP) is 6.68. The van der Waals surface area contributed by atoms with Crippen LogP contribution in [0.1, 0.15) is 79.7 Å². The molecule has 35 heavy (non-hydrogen) atoms. The van der Waals surface area contributed by atoms with Crippen LogP contribution in [-0.4, -0.2) is 30.6 Å². The lowest BCUT2D eigenvalue weighted by molar-refractivity contribution is 0.0724. The minimum Gasteiger partial charge on any atom is -0.490 e. The third-order valence-electron chi connectivity index (χ3n) is 6.29. The van der Waals surface area contributed by atoms with E-state index in [1.807, 2.05) is 39.0 Å². The van der Waals surface area contributed by atoms with E-state index < -0.39 is 6.04 Å². The molecule has 1 aliphatic heterocycles.